The first-order chi connectivity index (χ1) is 13.1. The van der Waals surface area contributed by atoms with Crippen molar-refractivity contribution in [1.29, 1.82) is 0 Å². The molecule has 1 aliphatic carbocycles. The molecule has 0 bridgehead atoms. The van der Waals surface area contributed by atoms with E-state index in [1.807, 2.05) is 41.8 Å². The number of nitrogens with one attached hydrogen (secondary N) is 3. The molecule has 0 unspecified atom stereocenters. The molecule has 0 radical (unpaired) electrons. The highest BCUT2D eigenvalue weighted by Crippen LogP contribution is 2.26. The summed E-state index contributed by atoms with van der Waals surface area (Å²) >= 11 is 1.64. The van der Waals surface area contributed by atoms with Gasteiger partial charge in [0.25, 0.3) is 0 Å². The summed E-state index contributed by atoms with van der Waals surface area (Å²) in [5.41, 5.74) is 1.09. The molecule has 1 aliphatic rings. The average molecular weight is 386 g/mol. The summed E-state index contributed by atoms with van der Waals surface area (Å²) in [5.74, 6) is -0.319. The quantitative estimate of drug-likeness (QED) is 0.704. The Bertz CT molecular complexity index is 727. The van der Waals surface area contributed by atoms with Crippen molar-refractivity contribution in [2.75, 3.05) is 0 Å². The molecule has 5 nitrogen and oxygen atoms in total. The number of carbonyl (C=O) groups is 2. The van der Waals surface area contributed by atoms with E-state index < -0.39 is 12.1 Å². The summed E-state index contributed by atoms with van der Waals surface area (Å²) in [6.07, 6.45) is 5.48. The number of hydrogen-bond acceptors (Lipinski definition) is 4. The summed E-state index contributed by atoms with van der Waals surface area (Å²) in [6.45, 7) is 1.78. The molecule has 0 saturated heterocycles. The van der Waals surface area contributed by atoms with Crippen LogP contribution < -0.4 is 16.0 Å². The molecule has 1 saturated carbocycles. The van der Waals surface area contributed by atoms with E-state index in [1.54, 1.807) is 18.3 Å². The fourth-order valence-corrected chi connectivity index (χ4v) is 4.27. The van der Waals surface area contributed by atoms with Gasteiger partial charge in [-0.25, -0.2) is 4.79 Å². The fraction of sp³-hybridized carbons (Fsp3) is 0.429. The molecule has 2 atom stereocenters. The minimum atomic E-state index is -0.505. The van der Waals surface area contributed by atoms with Crippen LogP contribution >= 0.6 is 11.3 Å². The lowest BCUT2D eigenvalue weighted by molar-refractivity contribution is -0.121. The van der Waals surface area contributed by atoms with E-state index in [1.165, 1.54) is 6.42 Å². The third-order valence-electron chi connectivity index (χ3n) is 4.95. The zero-order valence-corrected chi connectivity index (χ0v) is 16.4. The van der Waals surface area contributed by atoms with Gasteiger partial charge >= 0.3 is 6.03 Å². The first-order valence-electron chi connectivity index (χ1n) is 9.59. The highest BCUT2D eigenvalue weighted by molar-refractivity contribution is 7.10. The minimum Gasteiger partial charge on any atom is -0.335 e. The summed E-state index contributed by atoms with van der Waals surface area (Å²) in [5, 5.41) is 10.8. The first kappa shape index (κ1) is 19.6. The van der Waals surface area contributed by atoms with Crippen LogP contribution in [0, 0.1) is 0 Å². The molecule has 3 N–H and O–H groups in total. The molecular formula is C21H27N3O2S. The van der Waals surface area contributed by atoms with Crippen LogP contribution in [-0.4, -0.2) is 24.0 Å². The third kappa shape index (κ3) is 5.65. The second kappa shape index (κ2) is 9.67. The Hall–Kier alpha value is -2.18. The largest absolute Gasteiger partial charge is 0.335 e. The topological polar surface area (TPSA) is 70.2 Å². The van der Waals surface area contributed by atoms with Gasteiger partial charge in [0, 0.05) is 10.9 Å². The van der Waals surface area contributed by atoms with E-state index in [0.29, 0.717) is 0 Å². The van der Waals surface area contributed by atoms with Gasteiger partial charge in [0.05, 0.1) is 12.1 Å². The van der Waals surface area contributed by atoms with Crippen LogP contribution in [0.1, 0.15) is 55.5 Å². The fourth-order valence-electron chi connectivity index (χ4n) is 3.46. The molecule has 0 spiro atoms. The molecule has 3 rings (SSSR count). The molecule has 27 heavy (non-hydrogen) atoms. The van der Waals surface area contributed by atoms with Gasteiger partial charge in [-0.15, -0.1) is 11.3 Å². The lowest BCUT2D eigenvalue weighted by atomic mass is 9.96. The normalized spacial score (nSPS) is 17.1. The predicted octanol–water partition coefficient (Wildman–Crippen LogP) is 3.97. The van der Waals surface area contributed by atoms with Gasteiger partial charge in [0.15, 0.2) is 0 Å². The zero-order valence-electron chi connectivity index (χ0n) is 15.6. The van der Waals surface area contributed by atoms with Gasteiger partial charge in [-0.3, -0.25) is 15.4 Å². The van der Waals surface area contributed by atoms with Crippen molar-refractivity contribution in [2.24, 2.45) is 0 Å². The standard InChI is InChI=1S/C21H27N3O2S/c1-15(20(25)24-21(26)23-17-11-6-3-7-12-17)22-19(18-13-8-14-27-18)16-9-4-2-5-10-16/h2,4-5,8-10,13-15,17,19,22H,3,6-7,11-12H2,1H3,(H2,23,24,25,26)/t15-,19+/m0/s1. The number of imide groups is 1. The number of carbonyl (C=O) groups excluding carboxylic acids is 2. The zero-order chi connectivity index (χ0) is 19.1. The maximum atomic E-state index is 12.5. The number of rotatable bonds is 6. The Labute approximate surface area is 164 Å². The molecule has 1 heterocycles. The van der Waals surface area contributed by atoms with E-state index in [9.17, 15) is 9.59 Å². The Morgan fingerprint density at radius 2 is 1.78 bits per heavy atom. The molecule has 6 heteroatoms. The highest BCUT2D eigenvalue weighted by atomic mass is 32.1. The van der Waals surface area contributed by atoms with Crippen LogP contribution in [0.15, 0.2) is 47.8 Å². The Kier molecular flexibility index (Phi) is 7.01. The molecule has 0 aliphatic heterocycles. The molecule has 3 amide bonds. The van der Waals surface area contributed by atoms with Crippen molar-refractivity contribution in [3.8, 4) is 0 Å². The summed E-state index contributed by atoms with van der Waals surface area (Å²) in [4.78, 5) is 25.8. The lowest BCUT2D eigenvalue weighted by Gasteiger charge is -2.24. The summed E-state index contributed by atoms with van der Waals surface area (Å²) in [7, 11) is 0. The maximum absolute atomic E-state index is 12.5. The van der Waals surface area contributed by atoms with Gasteiger partial charge in [-0.1, -0.05) is 55.7 Å². The van der Waals surface area contributed by atoms with Crippen molar-refractivity contribution in [2.45, 2.75) is 57.2 Å². The van der Waals surface area contributed by atoms with Crippen molar-refractivity contribution < 1.29 is 9.59 Å². The molecule has 1 aromatic heterocycles. The predicted molar refractivity (Wildman–Crippen MR) is 109 cm³/mol. The van der Waals surface area contributed by atoms with Crippen molar-refractivity contribution >= 4 is 23.3 Å². The second-order valence-corrected chi connectivity index (χ2v) is 8.02. The number of thiophene rings is 1. The van der Waals surface area contributed by atoms with E-state index in [4.69, 9.17) is 0 Å². The second-order valence-electron chi connectivity index (χ2n) is 7.05. The van der Waals surface area contributed by atoms with E-state index >= 15 is 0 Å². The van der Waals surface area contributed by atoms with E-state index in [2.05, 4.69) is 22.0 Å². The molecule has 1 fully saturated rings. The molecule has 144 valence electrons. The monoisotopic (exact) mass is 385 g/mol. The van der Waals surface area contributed by atoms with Gasteiger partial charge in [-0.2, -0.15) is 0 Å². The minimum absolute atomic E-state index is 0.0895. The molecule has 2 aromatic rings. The number of amides is 3. The Morgan fingerprint density at radius 3 is 2.44 bits per heavy atom. The van der Waals surface area contributed by atoms with Crippen LogP contribution in [0.4, 0.5) is 4.79 Å². The lowest BCUT2D eigenvalue weighted by Crippen LogP contribution is -2.51. The molecule has 1 aromatic carbocycles. The summed E-state index contributed by atoms with van der Waals surface area (Å²) in [6, 6.07) is 13.3. The van der Waals surface area contributed by atoms with Crippen LogP contribution in [-0.2, 0) is 4.79 Å². The van der Waals surface area contributed by atoms with Crippen molar-refractivity contribution in [3.63, 3.8) is 0 Å². The number of urea groups is 1. The van der Waals surface area contributed by atoms with Crippen molar-refractivity contribution in [1.82, 2.24) is 16.0 Å². The van der Waals surface area contributed by atoms with Crippen molar-refractivity contribution in [3.05, 3.63) is 58.3 Å². The van der Waals surface area contributed by atoms with Crippen LogP contribution in [0.3, 0.4) is 0 Å². The van der Waals surface area contributed by atoms with Gasteiger partial charge in [0.1, 0.15) is 0 Å². The van der Waals surface area contributed by atoms with Crippen LogP contribution in [0.5, 0.6) is 0 Å². The molecular weight excluding hydrogens is 358 g/mol. The highest BCUT2D eigenvalue weighted by Gasteiger charge is 2.23. The summed E-state index contributed by atoms with van der Waals surface area (Å²) < 4.78 is 0. The smallest absolute Gasteiger partial charge is 0.321 e. The van der Waals surface area contributed by atoms with Gasteiger partial charge < -0.3 is 5.32 Å². The van der Waals surface area contributed by atoms with Gasteiger partial charge in [0.2, 0.25) is 5.91 Å². The average Bonchev–Trinajstić information content (AvgIpc) is 3.21. The van der Waals surface area contributed by atoms with E-state index in [0.717, 1.165) is 36.1 Å². The first-order valence-corrected chi connectivity index (χ1v) is 10.5. The van der Waals surface area contributed by atoms with Crippen LogP contribution in [0.25, 0.3) is 0 Å². The maximum Gasteiger partial charge on any atom is 0.321 e. The van der Waals surface area contributed by atoms with Gasteiger partial charge in [-0.05, 0) is 36.8 Å². The Morgan fingerprint density at radius 1 is 1.04 bits per heavy atom. The van der Waals surface area contributed by atoms with E-state index in [-0.39, 0.29) is 18.0 Å². The Balaban J connectivity index is 1.58. The van der Waals surface area contributed by atoms with Crippen LogP contribution in [0.2, 0.25) is 0 Å². The number of hydrogen-bond donors (Lipinski definition) is 3. The SMILES string of the molecule is C[C@H](N[C@H](c1ccccc1)c1cccs1)C(=O)NC(=O)NC1CCCCC1. The third-order valence-corrected chi connectivity index (χ3v) is 5.88. The number of benzene rings is 1.